The summed E-state index contributed by atoms with van der Waals surface area (Å²) in [5.74, 6) is 0.251. The summed E-state index contributed by atoms with van der Waals surface area (Å²) in [7, 11) is 0. The highest BCUT2D eigenvalue weighted by atomic mass is 79.9. The van der Waals surface area contributed by atoms with Gasteiger partial charge in [-0.05, 0) is 55.7 Å². The highest BCUT2D eigenvalue weighted by Crippen LogP contribution is 2.27. The van der Waals surface area contributed by atoms with Gasteiger partial charge in [0.05, 0.1) is 0 Å². The first-order valence-electron chi connectivity index (χ1n) is 6.69. The normalized spacial score (nSPS) is 10.9. The molecule has 0 bridgehead atoms. The molecular formula is C18H17BrO2. The van der Waals surface area contributed by atoms with Gasteiger partial charge in [-0.1, -0.05) is 45.8 Å². The molecule has 21 heavy (non-hydrogen) atoms. The van der Waals surface area contributed by atoms with Crippen LogP contribution in [0.4, 0.5) is 0 Å². The van der Waals surface area contributed by atoms with Crippen molar-refractivity contribution in [3.8, 4) is 5.75 Å². The Labute approximate surface area is 133 Å². The Morgan fingerprint density at radius 3 is 2.19 bits per heavy atom. The molecule has 0 N–H and O–H groups in total. The summed E-state index contributed by atoms with van der Waals surface area (Å²) in [6.07, 6.45) is 3.21. The quantitative estimate of drug-likeness (QED) is 0.445. The molecule has 0 heterocycles. The Bertz CT molecular complexity index is 662. The zero-order valence-electron chi connectivity index (χ0n) is 12.3. The van der Waals surface area contributed by atoms with Gasteiger partial charge >= 0.3 is 5.97 Å². The van der Waals surface area contributed by atoms with Gasteiger partial charge in [-0.25, -0.2) is 4.79 Å². The van der Waals surface area contributed by atoms with Crippen LogP contribution in [0.1, 0.15) is 22.3 Å². The molecule has 0 aliphatic rings. The van der Waals surface area contributed by atoms with E-state index in [1.807, 2.05) is 57.2 Å². The van der Waals surface area contributed by atoms with Gasteiger partial charge in [-0.15, -0.1) is 0 Å². The summed E-state index contributed by atoms with van der Waals surface area (Å²) < 4.78 is 6.41. The third-order valence-corrected chi connectivity index (χ3v) is 3.57. The van der Waals surface area contributed by atoms with Crippen molar-refractivity contribution in [2.45, 2.75) is 20.8 Å². The SMILES string of the molecule is Cc1ccc(/C=C/C(=O)Oc2c(C)cc(Br)cc2C)cc1. The topological polar surface area (TPSA) is 26.3 Å². The highest BCUT2D eigenvalue weighted by Gasteiger charge is 2.08. The van der Waals surface area contributed by atoms with E-state index in [1.54, 1.807) is 6.08 Å². The number of hydrogen-bond acceptors (Lipinski definition) is 2. The van der Waals surface area contributed by atoms with E-state index in [0.717, 1.165) is 21.2 Å². The summed E-state index contributed by atoms with van der Waals surface area (Å²) in [6, 6.07) is 11.8. The Kier molecular flexibility index (Phi) is 4.97. The lowest BCUT2D eigenvalue weighted by molar-refractivity contribution is -0.129. The first-order valence-corrected chi connectivity index (χ1v) is 7.48. The Balaban J connectivity index is 2.10. The van der Waals surface area contributed by atoms with E-state index in [2.05, 4.69) is 15.9 Å². The van der Waals surface area contributed by atoms with E-state index < -0.39 is 0 Å². The molecule has 2 rings (SSSR count). The number of carbonyl (C=O) groups is 1. The zero-order chi connectivity index (χ0) is 15.4. The van der Waals surface area contributed by atoms with E-state index in [0.29, 0.717) is 5.75 Å². The van der Waals surface area contributed by atoms with Gasteiger partial charge in [0.25, 0.3) is 0 Å². The standard InChI is InChI=1S/C18H17BrO2/c1-12-4-6-15(7-5-12)8-9-17(20)21-18-13(2)10-16(19)11-14(18)3/h4-11H,1-3H3/b9-8+. The van der Waals surface area contributed by atoms with E-state index >= 15 is 0 Å². The molecule has 2 aromatic carbocycles. The van der Waals surface area contributed by atoms with E-state index in [-0.39, 0.29) is 5.97 Å². The minimum absolute atomic E-state index is 0.371. The lowest BCUT2D eigenvalue weighted by Gasteiger charge is -2.09. The molecule has 0 amide bonds. The third-order valence-electron chi connectivity index (χ3n) is 3.12. The smallest absolute Gasteiger partial charge is 0.336 e. The lowest BCUT2D eigenvalue weighted by Crippen LogP contribution is -2.06. The monoisotopic (exact) mass is 344 g/mol. The van der Waals surface area contributed by atoms with E-state index in [1.165, 1.54) is 11.6 Å². The maximum absolute atomic E-state index is 11.9. The average Bonchev–Trinajstić information content (AvgIpc) is 2.42. The van der Waals surface area contributed by atoms with Crippen LogP contribution >= 0.6 is 15.9 Å². The fraction of sp³-hybridized carbons (Fsp3) is 0.167. The number of aryl methyl sites for hydroxylation is 3. The molecule has 2 aromatic rings. The van der Waals surface area contributed by atoms with Crippen molar-refractivity contribution in [1.82, 2.24) is 0 Å². The number of benzene rings is 2. The predicted molar refractivity (Wildman–Crippen MR) is 89.5 cm³/mol. The van der Waals surface area contributed by atoms with Gasteiger partial charge in [0.15, 0.2) is 0 Å². The van der Waals surface area contributed by atoms with Crippen LogP contribution in [0.5, 0.6) is 5.75 Å². The maximum Gasteiger partial charge on any atom is 0.336 e. The fourth-order valence-electron chi connectivity index (χ4n) is 2.03. The number of hydrogen-bond donors (Lipinski definition) is 0. The number of rotatable bonds is 3. The fourth-order valence-corrected chi connectivity index (χ4v) is 2.72. The van der Waals surface area contributed by atoms with Crippen molar-refractivity contribution in [2.24, 2.45) is 0 Å². The minimum Gasteiger partial charge on any atom is -0.423 e. The van der Waals surface area contributed by atoms with Crippen LogP contribution in [0.15, 0.2) is 46.9 Å². The predicted octanol–water partition coefficient (Wildman–Crippen LogP) is 4.99. The molecule has 108 valence electrons. The molecule has 0 fully saturated rings. The third kappa shape index (κ3) is 4.30. The first kappa shape index (κ1) is 15.5. The average molecular weight is 345 g/mol. The van der Waals surface area contributed by atoms with Crippen LogP contribution < -0.4 is 4.74 Å². The molecular weight excluding hydrogens is 328 g/mol. The van der Waals surface area contributed by atoms with Crippen molar-refractivity contribution in [1.29, 1.82) is 0 Å². The van der Waals surface area contributed by atoms with Gasteiger partial charge < -0.3 is 4.74 Å². The van der Waals surface area contributed by atoms with Crippen LogP contribution in [-0.4, -0.2) is 5.97 Å². The highest BCUT2D eigenvalue weighted by molar-refractivity contribution is 9.10. The minimum atomic E-state index is -0.371. The number of esters is 1. The van der Waals surface area contributed by atoms with Crippen LogP contribution in [0.25, 0.3) is 6.08 Å². The molecule has 0 radical (unpaired) electrons. The summed E-state index contributed by atoms with van der Waals surface area (Å²) in [4.78, 5) is 11.9. The number of halogens is 1. The molecule has 0 unspecified atom stereocenters. The van der Waals surface area contributed by atoms with Crippen molar-refractivity contribution in [3.63, 3.8) is 0 Å². The molecule has 0 spiro atoms. The summed E-state index contributed by atoms with van der Waals surface area (Å²) in [5.41, 5.74) is 4.02. The van der Waals surface area contributed by atoms with Crippen LogP contribution in [0.3, 0.4) is 0 Å². The number of carbonyl (C=O) groups excluding carboxylic acids is 1. The first-order chi connectivity index (χ1) is 9.95. The number of ether oxygens (including phenoxy) is 1. The summed E-state index contributed by atoms with van der Waals surface area (Å²) >= 11 is 3.43. The van der Waals surface area contributed by atoms with E-state index in [9.17, 15) is 4.79 Å². The second-order valence-electron chi connectivity index (χ2n) is 5.03. The lowest BCUT2D eigenvalue weighted by atomic mass is 10.1. The van der Waals surface area contributed by atoms with Gasteiger partial charge in [-0.2, -0.15) is 0 Å². The molecule has 0 aliphatic carbocycles. The largest absolute Gasteiger partial charge is 0.423 e. The van der Waals surface area contributed by atoms with E-state index in [4.69, 9.17) is 4.74 Å². The van der Waals surface area contributed by atoms with Crippen LogP contribution in [-0.2, 0) is 4.79 Å². The second kappa shape index (κ2) is 6.72. The second-order valence-corrected chi connectivity index (χ2v) is 5.95. The molecule has 0 saturated carbocycles. The zero-order valence-corrected chi connectivity index (χ0v) is 13.9. The summed E-state index contributed by atoms with van der Waals surface area (Å²) in [5, 5.41) is 0. The van der Waals surface area contributed by atoms with Crippen molar-refractivity contribution in [3.05, 3.63) is 69.2 Å². The Morgan fingerprint density at radius 1 is 1.05 bits per heavy atom. The van der Waals surface area contributed by atoms with Gasteiger partial charge in [0.2, 0.25) is 0 Å². The molecule has 0 aromatic heterocycles. The molecule has 0 atom stereocenters. The molecule has 0 saturated heterocycles. The van der Waals surface area contributed by atoms with Gasteiger partial charge in [0, 0.05) is 10.5 Å². The Morgan fingerprint density at radius 2 is 1.62 bits per heavy atom. The molecule has 3 heteroatoms. The Hall–Kier alpha value is -1.87. The van der Waals surface area contributed by atoms with Gasteiger partial charge in [-0.3, -0.25) is 0 Å². The molecule has 0 aliphatic heterocycles. The maximum atomic E-state index is 11.9. The van der Waals surface area contributed by atoms with Crippen molar-refractivity contribution >= 4 is 28.0 Å². The van der Waals surface area contributed by atoms with Crippen molar-refractivity contribution < 1.29 is 9.53 Å². The van der Waals surface area contributed by atoms with Gasteiger partial charge in [0.1, 0.15) is 5.75 Å². The van der Waals surface area contributed by atoms with Crippen LogP contribution in [0, 0.1) is 20.8 Å². The molecule has 2 nitrogen and oxygen atoms in total. The summed E-state index contributed by atoms with van der Waals surface area (Å²) in [6.45, 7) is 5.87. The van der Waals surface area contributed by atoms with Crippen LogP contribution in [0.2, 0.25) is 0 Å². The van der Waals surface area contributed by atoms with Crippen molar-refractivity contribution in [2.75, 3.05) is 0 Å².